The third-order valence-corrected chi connectivity index (χ3v) is 3.05. The lowest BCUT2D eigenvalue weighted by atomic mass is 10.2. The van der Waals surface area contributed by atoms with Gasteiger partial charge < -0.3 is 19.2 Å². The second-order valence-electron chi connectivity index (χ2n) is 4.76. The minimum Gasteiger partial charge on any atom is -0.477 e. The topological polar surface area (TPSA) is 80.0 Å². The van der Waals surface area contributed by atoms with Crippen LogP contribution in [0.3, 0.4) is 0 Å². The van der Waals surface area contributed by atoms with Gasteiger partial charge in [0.25, 0.3) is 5.91 Å². The molecule has 0 saturated heterocycles. The van der Waals surface area contributed by atoms with Crippen LogP contribution < -0.4 is 10.2 Å². The number of nitrogens with zero attached hydrogens (tertiary/aromatic N) is 1. The van der Waals surface area contributed by atoms with E-state index in [0.29, 0.717) is 6.54 Å². The molecule has 1 heterocycles. The molecule has 22 heavy (non-hydrogen) atoms. The van der Waals surface area contributed by atoms with Crippen LogP contribution in [-0.4, -0.2) is 29.6 Å². The quantitative estimate of drug-likeness (QED) is 0.866. The molecule has 0 aliphatic heterocycles. The van der Waals surface area contributed by atoms with Crippen molar-refractivity contribution in [3.05, 3.63) is 64.2 Å². The average Bonchev–Trinajstić information content (AvgIpc) is 2.54. The van der Waals surface area contributed by atoms with Gasteiger partial charge in [0.05, 0.1) is 0 Å². The van der Waals surface area contributed by atoms with Gasteiger partial charge in [0.15, 0.2) is 6.61 Å². The Labute approximate surface area is 127 Å². The predicted octanol–water partition coefficient (Wildman–Crippen LogP) is 1.17. The first-order valence-electron chi connectivity index (χ1n) is 6.73. The van der Waals surface area contributed by atoms with Crippen molar-refractivity contribution in [2.75, 3.05) is 13.7 Å². The second kappa shape index (κ2) is 7.42. The molecular formula is C16H17NO5. The van der Waals surface area contributed by atoms with Gasteiger partial charge in [-0.25, -0.2) is 0 Å². The van der Waals surface area contributed by atoms with Crippen molar-refractivity contribution in [1.82, 2.24) is 4.90 Å². The third-order valence-electron chi connectivity index (χ3n) is 3.05. The summed E-state index contributed by atoms with van der Waals surface area (Å²) in [5.74, 6) is -0.168. The molecule has 116 valence electrons. The van der Waals surface area contributed by atoms with Crippen molar-refractivity contribution >= 4 is 5.91 Å². The Morgan fingerprint density at radius 2 is 2.05 bits per heavy atom. The summed E-state index contributed by atoms with van der Waals surface area (Å²) in [5, 5.41) is 8.85. The van der Waals surface area contributed by atoms with E-state index < -0.39 is 5.43 Å². The maximum absolute atomic E-state index is 12.0. The number of likely N-dealkylation sites (N-methyl/N-ethyl adjacent to an activating group) is 1. The van der Waals surface area contributed by atoms with E-state index in [2.05, 4.69) is 0 Å². The number of benzene rings is 1. The Morgan fingerprint density at radius 3 is 2.68 bits per heavy atom. The van der Waals surface area contributed by atoms with Crippen molar-refractivity contribution in [2.45, 2.75) is 13.2 Å². The molecule has 0 radical (unpaired) electrons. The highest BCUT2D eigenvalue weighted by Crippen LogP contribution is 2.07. The van der Waals surface area contributed by atoms with Gasteiger partial charge in [-0.2, -0.15) is 0 Å². The maximum Gasteiger partial charge on any atom is 0.260 e. The van der Waals surface area contributed by atoms with E-state index in [-0.39, 0.29) is 30.6 Å². The van der Waals surface area contributed by atoms with Crippen LogP contribution in [0.2, 0.25) is 0 Å². The molecule has 0 unspecified atom stereocenters. The van der Waals surface area contributed by atoms with Crippen molar-refractivity contribution < 1.29 is 19.1 Å². The highest BCUT2D eigenvalue weighted by atomic mass is 16.5. The molecule has 2 aromatic rings. The van der Waals surface area contributed by atoms with Gasteiger partial charge in [-0.1, -0.05) is 30.3 Å². The van der Waals surface area contributed by atoms with E-state index in [1.165, 1.54) is 4.90 Å². The van der Waals surface area contributed by atoms with Gasteiger partial charge in [0, 0.05) is 19.7 Å². The Bertz CT molecular complexity index is 680. The highest BCUT2D eigenvalue weighted by molar-refractivity contribution is 5.77. The largest absolute Gasteiger partial charge is 0.477 e. The zero-order valence-electron chi connectivity index (χ0n) is 12.2. The van der Waals surface area contributed by atoms with E-state index >= 15 is 0 Å². The molecule has 0 spiro atoms. The van der Waals surface area contributed by atoms with Crippen molar-refractivity contribution in [1.29, 1.82) is 0 Å². The summed E-state index contributed by atoms with van der Waals surface area (Å²) < 4.78 is 10.2. The van der Waals surface area contributed by atoms with Crippen LogP contribution in [0.1, 0.15) is 11.3 Å². The zero-order valence-corrected chi connectivity index (χ0v) is 12.2. The molecule has 6 heteroatoms. The molecule has 0 saturated carbocycles. The average molecular weight is 303 g/mol. The van der Waals surface area contributed by atoms with Crippen LogP contribution in [0.5, 0.6) is 5.75 Å². The number of hydrogen-bond acceptors (Lipinski definition) is 5. The summed E-state index contributed by atoms with van der Waals surface area (Å²) in [5.41, 5.74) is 0.568. The highest BCUT2D eigenvalue weighted by Gasteiger charge is 2.12. The van der Waals surface area contributed by atoms with Crippen molar-refractivity contribution in [3.8, 4) is 5.75 Å². The van der Waals surface area contributed by atoms with E-state index in [1.54, 1.807) is 7.05 Å². The smallest absolute Gasteiger partial charge is 0.260 e. The van der Waals surface area contributed by atoms with Gasteiger partial charge in [-0.3, -0.25) is 9.59 Å². The fourth-order valence-corrected chi connectivity index (χ4v) is 1.82. The molecule has 0 fully saturated rings. The fourth-order valence-electron chi connectivity index (χ4n) is 1.82. The van der Waals surface area contributed by atoms with Crippen LogP contribution in [-0.2, 0) is 17.9 Å². The molecule has 1 amide bonds. The lowest BCUT2D eigenvalue weighted by Gasteiger charge is -2.17. The van der Waals surface area contributed by atoms with Crippen LogP contribution in [0.4, 0.5) is 0 Å². The van der Waals surface area contributed by atoms with Gasteiger partial charge >= 0.3 is 0 Å². The molecule has 1 aromatic carbocycles. The number of aliphatic hydroxyl groups excluding tert-OH is 1. The lowest BCUT2D eigenvalue weighted by Crippen LogP contribution is -2.31. The molecule has 2 rings (SSSR count). The maximum atomic E-state index is 12.0. The number of ether oxygens (including phenoxy) is 1. The molecule has 0 atom stereocenters. The summed E-state index contributed by atoms with van der Waals surface area (Å²) >= 11 is 0. The summed E-state index contributed by atoms with van der Waals surface area (Å²) in [7, 11) is 1.66. The van der Waals surface area contributed by atoms with E-state index in [4.69, 9.17) is 14.3 Å². The lowest BCUT2D eigenvalue weighted by molar-refractivity contribution is -0.132. The first-order valence-corrected chi connectivity index (χ1v) is 6.73. The fraction of sp³-hybridized carbons (Fsp3) is 0.250. The second-order valence-corrected chi connectivity index (χ2v) is 4.76. The number of rotatable bonds is 6. The van der Waals surface area contributed by atoms with Gasteiger partial charge in [-0.15, -0.1) is 0 Å². The monoisotopic (exact) mass is 303 g/mol. The summed E-state index contributed by atoms with van der Waals surface area (Å²) in [6.07, 6.45) is 1.10. The number of amides is 1. The minimum atomic E-state index is -0.436. The van der Waals surface area contributed by atoms with Gasteiger partial charge in [-0.05, 0) is 5.56 Å². The Morgan fingerprint density at radius 1 is 1.32 bits per heavy atom. The number of carbonyl (C=O) groups is 1. The molecule has 0 bridgehead atoms. The van der Waals surface area contributed by atoms with E-state index in [9.17, 15) is 9.59 Å². The van der Waals surface area contributed by atoms with E-state index in [1.807, 2.05) is 30.3 Å². The van der Waals surface area contributed by atoms with Gasteiger partial charge in [0.1, 0.15) is 18.6 Å². The standard InChI is InChI=1S/C16H17NO5/c1-17(8-12-5-3-2-4-6-12)16(20)11-22-15-10-21-13(9-18)7-14(15)19/h2-7,10,18H,8-9,11H2,1H3. The van der Waals surface area contributed by atoms with Crippen LogP contribution in [0, 0.1) is 0 Å². The summed E-state index contributed by atoms with van der Waals surface area (Å²) in [6, 6.07) is 10.7. The van der Waals surface area contributed by atoms with Crippen molar-refractivity contribution in [3.63, 3.8) is 0 Å². The third kappa shape index (κ3) is 4.20. The molecule has 0 aliphatic carbocycles. The number of aliphatic hydroxyl groups is 1. The minimum absolute atomic E-state index is 0.0568. The number of hydrogen-bond donors (Lipinski definition) is 1. The Balaban J connectivity index is 1.91. The Kier molecular flexibility index (Phi) is 5.32. The number of carbonyl (C=O) groups excluding carboxylic acids is 1. The first-order chi connectivity index (χ1) is 10.6. The molecule has 6 nitrogen and oxygen atoms in total. The molecule has 0 aliphatic rings. The molecule has 1 N–H and O–H groups in total. The first kappa shape index (κ1) is 15.8. The van der Waals surface area contributed by atoms with Crippen LogP contribution in [0.25, 0.3) is 0 Å². The predicted molar refractivity (Wildman–Crippen MR) is 79.3 cm³/mol. The van der Waals surface area contributed by atoms with Crippen LogP contribution in [0.15, 0.2) is 51.9 Å². The van der Waals surface area contributed by atoms with Gasteiger partial charge in [0.2, 0.25) is 11.2 Å². The SMILES string of the molecule is CN(Cc1ccccc1)C(=O)COc1coc(CO)cc1=O. The molecule has 1 aromatic heterocycles. The zero-order chi connectivity index (χ0) is 15.9. The normalized spacial score (nSPS) is 10.3. The van der Waals surface area contributed by atoms with Crippen LogP contribution >= 0.6 is 0 Å². The van der Waals surface area contributed by atoms with E-state index in [0.717, 1.165) is 17.9 Å². The Hall–Kier alpha value is -2.60. The van der Waals surface area contributed by atoms with Crippen molar-refractivity contribution in [2.24, 2.45) is 0 Å². The molecular weight excluding hydrogens is 286 g/mol. The summed E-state index contributed by atoms with van der Waals surface area (Å²) in [4.78, 5) is 25.1. The summed E-state index contributed by atoms with van der Waals surface area (Å²) in [6.45, 7) is -0.165.